The van der Waals surface area contributed by atoms with Gasteiger partial charge in [0, 0.05) is 11.3 Å². The summed E-state index contributed by atoms with van der Waals surface area (Å²) in [5, 5.41) is 56.3. The molecule has 5 N–H and O–H groups in total. The van der Waals surface area contributed by atoms with Gasteiger partial charge in [-0.25, -0.2) is 4.79 Å². The fourth-order valence-corrected chi connectivity index (χ4v) is 9.26. The number of ether oxygens (including phenoxy) is 1. The van der Waals surface area contributed by atoms with E-state index in [1.54, 1.807) is 57.2 Å². The molecule has 8 nitrogen and oxygen atoms in total. The van der Waals surface area contributed by atoms with Crippen LogP contribution in [0.1, 0.15) is 96.3 Å². The number of aliphatic hydroxyl groups excluding tert-OH is 2. The topological polar surface area (TPSA) is 145 Å². The molecular weight excluding hydrogens is 536 g/mol. The van der Waals surface area contributed by atoms with E-state index in [0.29, 0.717) is 43.2 Å². The molecule has 5 rings (SSSR count). The number of benzene rings is 1. The minimum Gasteiger partial charge on any atom is -0.456 e. The summed E-state index contributed by atoms with van der Waals surface area (Å²) in [4.78, 5) is 26.7. The molecule has 1 aromatic rings. The molecule has 4 aliphatic rings. The van der Waals surface area contributed by atoms with Crippen molar-refractivity contribution < 1.29 is 39.9 Å². The number of carbonyl (C=O) groups is 2. The molecule has 42 heavy (non-hydrogen) atoms. The monoisotopic (exact) mass is 584 g/mol. The lowest BCUT2D eigenvalue weighted by Gasteiger charge is -2.60. The molecule has 3 fully saturated rings. The van der Waals surface area contributed by atoms with Crippen molar-refractivity contribution in [2.75, 3.05) is 0 Å². The maximum Gasteiger partial charge on any atom is 0.338 e. The zero-order chi connectivity index (χ0) is 30.9. The molecule has 0 aliphatic heterocycles. The average Bonchev–Trinajstić information content (AvgIpc) is 3.20. The molecule has 232 valence electrons. The number of esters is 1. The van der Waals surface area contributed by atoms with Crippen LogP contribution in [0.2, 0.25) is 0 Å². The van der Waals surface area contributed by atoms with E-state index >= 15 is 0 Å². The fourth-order valence-electron chi connectivity index (χ4n) is 9.26. The second-order valence-electron chi connectivity index (χ2n) is 14.9. The Bertz CT molecular complexity index is 1230. The third kappa shape index (κ3) is 4.97. The van der Waals surface area contributed by atoms with Crippen molar-refractivity contribution >= 4 is 11.8 Å². The van der Waals surface area contributed by atoms with Gasteiger partial charge in [-0.15, -0.1) is 0 Å². The molecule has 0 aromatic heterocycles. The Morgan fingerprint density at radius 2 is 1.69 bits per heavy atom. The van der Waals surface area contributed by atoms with Crippen molar-refractivity contribution in [1.29, 1.82) is 0 Å². The van der Waals surface area contributed by atoms with Crippen LogP contribution in [-0.4, -0.2) is 72.4 Å². The minimum absolute atomic E-state index is 0.123. The number of ketones is 1. The third-order valence-corrected chi connectivity index (χ3v) is 11.8. The standard InChI is InChI=1S/C34H48O8/c1-30(2,39)14-13-28(42-29(38)20-9-7-6-8-10-20)33(5,40)27-12-16-34(41)22-17-24(35)23-18-25(36)26(37)19-31(23,3)21(22)11-15-32(27,34)4/h6-10,17,21,23,25-28,36-37,39-41H,11-16,18-19H2,1-5H3/t21-,23-,25+,26-,27-,28-,31+,32+,33+,34+/m0/s1. The van der Waals surface area contributed by atoms with Crippen LogP contribution in [0.15, 0.2) is 42.0 Å². The summed E-state index contributed by atoms with van der Waals surface area (Å²) < 4.78 is 6.00. The molecule has 0 spiro atoms. The van der Waals surface area contributed by atoms with E-state index in [2.05, 4.69) is 0 Å². The van der Waals surface area contributed by atoms with Gasteiger partial charge < -0.3 is 30.3 Å². The number of hydrogen-bond donors (Lipinski definition) is 5. The lowest BCUT2D eigenvalue weighted by Crippen LogP contribution is -2.63. The molecular formula is C34H48O8. The van der Waals surface area contributed by atoms with E-state index < -0.39 is 63.8 Å². The van der Waals surface area contributed by atoms with Crippen molar-refractivity contribution in [3.8, 4) is 0 Å². The highest BCUT2D eigenvalue weighted by Gasteiger charge is 2.69. The largest absolute Gasteiger partial charge is 0.456 e. The Morgan fingerprint density at radius 1 is 1.02 bits per heavy atom. The van der Waals surface area contributed by atoms with E-state index in [9.17, 15) is 35.1 Å². The second-order valence-corrected chi connectivity index (χ2v) is 14.9. The van der Waals surface area contributed by atoms with E-state index in [1.807, 2.05) is 13.8 Å². The molecule has 0 amide bonds. The summed E-state index contributed by atoms with van der Waals surface area (Å²) >= 11 is 0. The number of fused-ring (bicyclic) bond motifs is 5. The summed E-state index contributed by atoms with van der Waals surface area (Å²) in [6, 6.07) is 8.60. The molecule has 3 saturated carbocycles. The number of rotatable bonds is 7. The smallest absolute Gasteiger partial charge is 0.338 e. The van der Waals surface area contributed by atoms with Crippen molar-refractivity contribution in [2.24, 2.45) is 28.6 Å². The molecule has 1 aromatic carbocycles. The maximum absolute atomic E-state index is 13.5. The molecule has 0 heterocycles. The molecule has 0 unspecified atom stereocenters. The Labute approximate surface area is 248 Å². The van der Waals surface area contributed by atoms with E-state index in [0.717, 1.165) is 0 Å². The zero-order valence-corrected chi connectivity index (χ0v) is 25.5. The van der Waals surface area contributed by atoms with Crippen LogP contribution in [0.25, 0.3) is 0 Å². The molecule has 8 heteroatoms. The first kappa shape index (κ1) is 31.3. The number of aliphatic hydroxyl groups is 5. The summed E-state index contributed by atoms with van der Waals surface area (Å²) in [6.45, 7) is 9.00. The minimum atomic E-state index is -1.54. The van der Waals surface area contributed by atoms with E-state index in [4.69, 9.17) is 4.74 Å². The van der Waals surface area contributed by atoms with E-state index in [1.165, 1.54) is 0 Å². The van der Waals surface area contributed by atoms with Crippen LogP contribution in [0.3, 0.4) is 0 Å². The van der Waals surface area contributed by atoms with Crippen molar-refractivity contribution in [1.82, 2.24) is 0 Å². The highest BCUT2D eigenvalue weighted by molar-refractivity contribution is 5.95. The normalized spacial score (nSPS) is 40.2. The molecule has 10 atom stereocenters. The van der Waals surface area contributed by atoms with Gasteiger partial charge in [0.25, 0.3) is 0 Å². The van der Waals surface area contributed by atoms with Gasteiger partial charge in [-0.05, 0) is 113 Å². The lowest BCUT2D eigenvalue weighted by molar-refractivity contribution is -0.177. The SMILES string of the molecule is CC(C)(O)CC[C@H](OC(=O)c1ccccc1)[C@](C)(O)[C@H]1CC[C@@]2(O)C3=CC(=O)[C@@H]4C[C@@H](O)[C@@H](O)C[C@]4(C)[C@H]3CC[C@]12C. The predicted molar refractivity (Wildman–Crippen MR) is 156 cm³/mol. The average molecular weight is 585 g/mol. The lowest BCUT2D eigenvalue weighted by atomic mass is 9.45. The number of hydrogen-bond acceptors (Lipinski definition) is 8. The van der Waals surface area contributed by atoms with E-state index in [-0.39, 0.29) is 31.0 Å². The highest BCUT2D eigenvalue weighted by atomic mass is 16.6. The van der Waals surface area contributed by atoms with Gasteiger partial charge in [-0.2, -0.15) is 0 Å². The Morgan fingerprint density at radius 3 is 2.33 bits per heavy atom. The second kappa shape index (κ2) is 10.5. The number of carbonyl (C=O) groups excluding carboxylic acids is 2. The summed E-state index contributed by atoms with van der Waals surface area (Å²) in [5.74, 6) is -1.70. The molecule has 0 bridgehead atoms. The Kier molecular flexibility index (Phi) is 7.84. The van der Waals surface area contributed by atoms with Crippen molar-refractivity contribution in [3.05, 3.63) is 47.5 Å². The Balaban J connectivity index is 1.48. The van der Waals surface area contributed by atoms with Gasteiger partial charge in [0.15, 0.2) is 5.78 Å². The molecule has 4 aliphatic carbocycles. The van der Waals surface area contributed by atoms with Gasteiger partial charge in [0.1, 0.15) is 11.7 Å². The van der Waals surface area contributed by atoms with Crippen molar-refractivity contribution in [3.63, 3.8) is 0 Å². The van der Waals surface area contributed by atoms with Crippen molar-refractivity contribution in [2.45, 2.75) is 121 Å². The van der Waals surface area contributed by atoms with Gasteiger partial charge in [-0.1, -0.05) is 32.0 Å². The van der Waals surface area contributed by atoms with Crippen LogP contribution < -0.4 is 0 Å². The maximum atomic E-state index is 13.5. The summed E-state index contributed by atoms with van der Waals surface area (Å²) in [5.41, 5.74) is -4.30. The van der Waals surface area contributed by atoms with Crippen LogP contribution in [0.5, 0.6) is 0 Å². The van der Waals surface area contributed by atoms with Gasteiger partial charge in [-0.3, -0.25) is 4.79 Å². The zero-order valence-electron chi connectivity index (χ0n) is 25.5. The highest BCUT2D eigenvalue weighted by Crippen LogP contribution is 2.68. The number of allylic oxidation sites excluding steroid dienone is 1. The fraction of sp³-hybridized carbons (Fsp3) is 0.706. The molecule has 0 radical (unpaired) electrons. The third-order valence-electron chi connectivity index (χ3n) is 11.8. The Hall–Kier alpha value is -2.10. The predicted octanol–water partition coefficient (Wildman–Crippen LogP) is 3.72. The summed E-state index contributed by atoms with van der Waals surface area (Å²) in [7, 11) is 0. The van der Waals surface area contributed by atoms with Gasteiger partial charge in [0.05, 0.1) is 29.0 Å². The first-order valence-electron chi connectivity index (χ1n) is 15.5. The van der Waals surface area contributed by atoms with Crippen LogP contribution in [-0.2, 0) is 9.53 Å². The van der Waals surface area contributed by atoms with Gasteiger partial charge in [0.2, 0.25) is 0 Å². The van der Waals surface area contributed by atoms with Crippen LogP contribution in [0.4, 0.5) is 0 Å². The first-order chi connectivity index (χ1) is 19.4. The first-order valence-corrected chi connectivity index (χ1v) is 15.5. The molecule has 0 saturated heterocycles. The summed E-state index contributed by atoms with van der Waals surface area (Å²) in [6.07, 6.45) is 1.84. The van der Waals surface area contributed by atoms with Gasteiger partial charge >= 0.3 is 5.97 Å². The van der Waals surface area contributed by atoms with Crippen LogP contribution >= 0.6 is 0 Å². The van der Waals surface area contributed by atoms with Crippen LogP contribution in [0, 0.1) is 28.6 Å². The quantitative estimate of drug-likeness (QED) is 0.305.